The molecule has 2 unspecified atom stereocenters. The highest BCUT2D eigenvalue weighted by molar-refractivity contribution is 7.15. The van der Waals surface area contributed by atoms with Crippen molar-refractivity contribution in [3.05, 3.63) is 71.0 Å². The molecule has 2 amide bonds. The highest BCUT2D eigenvalue weighted by atomic mass is 32.1. The standard InChI is InChI=1S/C22H21FN4O2S/c1-14(15-5-3-2-4-6-15)11-19-25-26-22(30-19)24-21(29)16-12-20(28)27(13-16)18-9-7-17(23)8-10-18/h2-10,14,16H,11-13H2,1H3,(H,24,26,29). The second-order valence-electron chi connectivity index (χ2n) is 7.39. The van der Waals surface area contributed by atoms with Crippen LogP contribution in [0.1, 0.15) is 29.8 Å². The number of aromatic nitrogens is 2. The van der Waals surface area contributed by atoms with E-state index in [2.05, 4.69) is 34.6 Å². The Kier molecular flexibility index (Phi) is 5.85. The molecule has 1 aromatic heterocycles. The lowest BCUT2D eigenvalue weighted by atomic mass is 9.98. The van der Waals surface area contributed by atoms with Gasteiger partial charge in [0.05, 0.1) is 5.92 Å². The predicted molar refractivity (Wildman–Crippen MR) is 114 cm³/mol. The molecule has 2 heterocycles. The number of amides is 2. The molecule has 1 fully saturated rings. The lowest BCUT2D eigenvalue weighted by Crippen LogP contribution is -2.28. The number of nitrogens with one attached hydrogen (secondary N) is 1. The Bertz CT molecular complexity index is 1040. The summed E-state index contributed by atoms with van der Waals surface area (Å²) < 4.78 is 13.1. The van der Waals surface area contributed by atoms with Gasteiger partial charge in [0.15, 0.2) is 0 Å². The minimum atomic E-state index is -0.488. The number of benzene rings is 2. The number of hydrogen-bond acceptors (Lipinski definition) is 5. The molecule has 0 saturated carbocycles. The van der Waals surface area contributed by atoms with E-state index in [-0.39, 0.29) is 30.6 Å². The van der Waals surface area contributed by atoms with Crippen LogP contribution < -0.4 is 10.2 Å². The van der Waals surface area contributed by atoms with Gasteiger partial charge in [-0.1, -0.05) is 48.6 Å². The summed E-state index contributed by atoms with van der Waals surface area (Å²) in [7, 11) is 0. The molecule has 4 rings (SSSR count). The van der Waals surface area contributed by atoms with Crippen LogP contribution in [0.5, 0.6) is 0 Å². The number of rotatable bonds is 6. The second-order valence-corrected chi connectivity index (χ2v) is 8.45. The number of anilines is 2. The molecular weight excluding hydrogens is 403 g/mol. The summed E-state index contributed by atoms with van der Waals surface area (Å²) in [6.45, 7) is 2.39. The van der Waals surface area contributed by atoms with Crippen molar-refractivity contribution in [2.75, 3.05) is 16.8 Å². The van der Waals surface area contributed by atoms with Crippen molar-refractivity contribution in [1.29, 1.82) is 0 Å². The number of halogens is 1. The van der Waals surface area contributed by atoms with E-state index in [4.69, 9.17) is 0 Å². The zero-order chi connectivity index (χ0) is 21.1. The molecule has 30 heavy (non-hydrogen) atoms. The van der Waals surface area contributed by atoms with Gasteiger partial charge in [-0.2, -0.15) is 0 Å². The first-order valence-electron chi connectivity index (χ1n) is 9.73. The summed E-state index contributed by atoms with van der Waals surface area (Å²) in [6.07, 6.45) is 0.845. The summed E-state index contributed by atoms with van der Waals surface area (Å²) in [5, 5.41) is 12.3. The van der Waals surface area contributed by atoms with Gasteiger partial charge in [-0.15, -0.1) is 10.2 Å². The molecule has 154 valence electrons. The summed E-state index contributed by atoms with van der Waals surface area (Å²) in [4.78, 5) is 26.5. The molecule has 2 aromatic carbocycles. The molecule has 0 aliphatic carbocycles. The van der Waals surface area contributed by atoms with Gasteiger partial charge in [0.1, 0.15) is 10.8 Å². The number of nitrogens with zero attached hydrogens (tertiary/aromatic N) is 3. The Balaban J connectivity index is 1.35. The third-order valence-corrected chi connectivity index (χ3v) is 6.04. The first kappa shape index (κ1) is 20.2. The fourth-order valence-electron chi connectivity index (χ4n) is 3.51. The van der Waals surface area contributed by atoms with E-state index in [9.17, 15) is 14.0 Å². The minimum absolute atomic E-state index is 0.111. The first-order chi connectivity index (χ1) is 14.5. The molecule has 1 saturated heterocycles. The van der Waals surface area contributed by atoms with E-state index in [0.717, 1.165) is 11.4 Å². The number of hydrogen-bond donors (Lipinski definition) is 1. The molecule has 8 heteroatoms. The van der Waals surface area contributed by atoms with Crippen molar-refractivity contribution in [3.8, 4) is 0 Å². The fraction of sp³-hybridized carbons (Fsp3) is 0.273. The van der Waals surface area contributed by atoms with Gasteiger partial charge in [0.25, 0.3) is 0 Å². The molecule has 0 bridgehead atoms. The van der Waals surface area contributed by atoms with Crippen molar-refractivity contribution in [1.82, 2.24) is 10.2 Å². The molecule has 0 radical (unpaired) electrons. The Labute approximate surface area is 177 Å². The van der Waals surface area contributed by atoms with Crippen LogP contribution in [-0.4, -0.2) is 28.6 Å². The maximum Gasteiger partial charge on any atom is 0.231 e. The largest absolute Gasteiger partial charge is 0.312 e. The number of carbonyl (C=O) groups is 2. The van der Waals surface area contributed by atoms with E-state index in [1.807, 2.05) is 18.2 Å². The van der Waals surface area contributed by atoms with Gasteiger partial charge < -0.3 is 10.2 Å². The van der Waals surface area contributed by atoms with Gasteiger partial charge in [-0.3, -0.25) is 9.59 Å². The Morgan fingerprint density at radius 1 is 1.20 bits per heavy atom. The molecule has 1 aliphatic heterocycles. The Morgan fingerprint density at radius 3 is 2.67 bits per heavy atom. The monoisotopic (exact) mass is 424 g/mol. The van der Waals surface area contributed by atoms with Gasteiger partial charge in [-0.05, 0) is 35.7 Å². The minimum Gasteiger partial charge on any atom is -0.312 e. The maximum atomic E-state index is 13.1. The van der Waals surface area contributed by atoms with Crippen LogP contribution >= 0.6 is 11.3 Å². The van der Waals surface area contributed by atoms with Crippen molar-refractivity contribution in [2.45, 2.75) is 25.7 Å². The van der Waals surface area contributed by atoms with E-state index < -0.39 is 5.92 Å². The average Bonchev–Trinajstić information content (AvgIpc) is 3.35. The van der Waals surface area contributed by atoms with Crippen LogP contribution in [0.15, 0.2) is 54.6 Å². The maximum absolute atomic E-state index is 13.1. The fourth-order valence-corrected chi connectivity index (χ4v) is 4.38. The third kappa shape index (κ3) is 4.54. The van der Waals surface area contributed by atoms with Crippen LogP contribution in [-0.2, 0) is 16.0 Å². The van der Waals surface area contributed by atoms with Gasteiger partial charge in [0, 0.05) is 25.1 Å². The molecule has 2 atom stereocenters. The Hall–Kier alpha value is -3.13. The van der Waals surface area contributed by atoms with Crippen LogP contribution in [0.4, 0.5) is 15.2 Å². The van der Waals surface area contributed by atoms with E-state index in [1.165, 1.54) is 33.9 Å². The summed E-state index contributed by atoms with van der Waals surface area (Å²) in [5.41, 5.74) is 1.81. The lowest BCUT2D eigenvalue weighted by molar-refractivity contribution is -0.122. The van der Waals surface area contributed by atoms with Gasteiger partial charge in [-0.25, -0.2) is 4.39 Å². The first-order valence-corrected chi connectivity index (χ1v) is 10.6. The van der Waals surface area contributed by atoms with E-state index in [1.54, 1.807) is 12.1 Å². The highest BCUT2D eigenvalue weighted by Crippen LogP contribution is 2.28. The van der Waals surface area contributed by atoms with E-state index in [0.29, 0.717) is 16.7 Å². The van der Waals surface area contributed by atoms with Crippen LogP contribution in [0.2, 0.25) is 0 Å². The zero-order valence-corrected chi connectivity index (χ0v) is 17.2. The van der Waals surface area contributed by atoms with Gasteiger partial charge >= 0.3 is 0 Å². The third-order valence-electron chi connectivity index (χ3n) is 5.18. The van der Waals surface area contributed by atoms with Crippen LogP contribution in [0.25, 0.3) is 0 Å². The van der Waals surface area contributed by atoms with Crippen molar-refractivity contribution in [2.24, 2.45) is 5.92 Å². The van der Waals surface area contributed by atoms with Crippen LogP contribution in [0, 0.1) is 11.7 Å². The highest BCUT2D eigenvalue weighted by Gasteiger charge is 2.35. The molecule has 1 N–H and O–H groups in total. The normalized spacial score (nSPS) is 17.2. The van der Waals surface area contributed by atoms with E-state index >= 15 is 0 Å². The van der Waals surface area contributed by atoms with Crippen molar-refractivity contribution >= 4 is 34.0 Å². The van der Waals surface area contributed by atoms with Crippen LogP contribution in [0.3, 0.4) is 0 Å². The summed E-state index contributed by atoms with van der Waals surface area (Å²) in [6, 6.07) is 15.9. The molecular formula is C22H21FN4O2S. The quantitative estimate of drug-likeness (QED) is 0.649. The van der Waals surface area contributed by atoms with Crippen molar-refractivity contribution < 1.29 is 14.0 Å². The SMILES string of the molecule is CC(Cc1nnc(NC(=O)C2CC(=O)N(c3ccc(F)cc3)C2)s1)c1ccccc1. The van der Waals surface area contributed by atoms with Crippen molar-refractivity contribution in [3.63, 3.8) is 0 Å². The van der Waals surface area contributed by atoms with Gasteiger partial charge in [0.2, 0.25) is 16.9 Å². The predicted octanol–water partition coefficient (Wildman–Crippen LogP) is 4.02. The molecule has 3 aromatic rings. The summed E-state index contributed by atoms with van der Waals surface area (Å²) in [5.74, 6) is -0.978. The molecule has 1 aliphatic rings. The summed E-state index contributed by atoms with van der Waals surface area (Å²) >= 11 is 1.35. The zero-order valence-electron chi connectivity index (χ0n) is 16.4. The Morgan fingerprint density at radius 2 is 1.93 bits per heavy atom. The smallest absolute Gasteiger partial charge is 0.231 e. The second kappa shape index (κ2) is 8.71. The number of carbonyl (C=O) groups excluding carboxylic acids is 2. The molecule has 6 nitrogen and oxygen atoms in total. The lowest BCUT2D eigenvalue weighted by Gasteiger charge is -2.16. The average molecular weight is 425 g/mol. The topological polar surface area (TPSA) is 75.2 Å². The molecule has 0 spiro atoms.